The number of carboxylic acid groups (broad SMARTS) is 1. The summed E-state index contributed by atoms with van der Waals surface area (Å²) in [7, 11) is 0. The van der Waals surface area contributed by atoms with Gasteiger partial charge in [0.05, 0.1) is 5.41 Å². The van der Waals surface area contributed by atoms with Crippen LogP contribution in [0.25, 0.3) is 11.1 Å². The van der Waals surface area contributed by atoms with Gasteiger partial charge in [0.2, 0.25) is 0 Å². The van der Waals surface area contributed by atoms with Crippen molar-refractivity contribution in [2.75, 3.05) is 0 Å². The minimum absolute atomic E-state index is 0.506. The highest BCUT2D eigenvalue weighted by atomic mass is 16.4. The highest BCUT2D eigenvalue weighted by Crippen LogP contribution is 2.48. The third-order valence-corrected chi connectivity index (χ3v) is 4.48. The second kappa shape index (κ2) is 5.03. The van der Waals surface area contributed by atoms with Crippen LogP contribution in [0.3, 0.4) is 0 Å². The van der Waals surface area contributed by atoms with E-state index in [4.69, 9.17) is 0 Å². The van der Waals surface area contributed by atoms with Gasteiger partial charge in [-0.05, 0) is 41.0 Å². The van der Waals surface area contributed by atoms with Crippen molar-refractivity contribution >= 4 is 5.97 Å². The fourth-order valence-electron chi connectivity index (χ4n) is 2.81. The van der Waals surface area contributed by atoms with Crippen LogP contribution in [0, 0.1) is 0 Å². The molecule has 2 nitrogen and oxygen atoms in total. The summed E-state index contributed by atoms with van der Waals surface area (Å²) in [4.78, 5) is 11.4. The number of rotatable bonds is 4. The van der Waals surface area contributed by atoms with Crippen molar-refractivity contribution in [3.05, 3.63) is 59.7 Å². The van der Waals surface area contributed by atoms with E-state index in [2.05, 4.69) is 38.1 Å². The number of carbonyl (C=O) groups is 1. The van der Waals surface area contributed by atoms with E-state index in [1.54, 1.807) is 0 Å². The molecular formula is C19H20O2. The van der Waals surface area contributed by atoms with E-state index in [1.165, 1.54) is 11.1 Å². The lowest BCUT2D eigenvalue weighted by molar-refractivity contribution is -0.140. The number of aliphatic carboxylic acids is 1. The topological polar surface area (TPSA) is 37.3 Å². The summed E-state index contributed by atoms with van der Waals surface area (Å²) in [5.74, 6) is -0.192. The number of benzene rings is 2. The molecule has 1 fully saturated rings. The normalized spacial score (nSPS) is 16.0. The fourth-order valence-corrected chi connectivity index (χ4v) is 2.81. The first-order valence-corrected chi connectivity index (χ1v) is 7.47. The Balaban J connectivity index is 1.91. The van der Waals surface area contributed by atoms with E-state index < -0.39 is 11.4 Å². The van der Waals surface area contributed by atoms with Gasteiger partial charge < -0.3 is 5.11 Å². The standard InChI is InChI=1S/C19H20O2/c1-13(2)15-4-3-5-16(12-15)14-6-8-17(9-7-14)19(10-11-19)18(20)21/h3-9,12-13H,10-11H2,1-2H3,(H,20,21). The van der Waals surface area contributed by atoms with E-state index in [1.807, 2.05) is 24.3 Å². The first-order chi connectivity index (χ1) is 10.0. The Labute approximate surface area is 125 Å². The van der Waals surface area contributed by atoms with E-state index >= 15 is 0 Å². The molecule has 3 rings (SSSR count). The van der Waals surface area contributed by atoms with Gasteiger partial charge in [0.25, 0.3) is 0 Å². The van der Waals surface area contributed by atoms with Crippen molar-refractivity contribution in [2.24, 2.45) is 0 Å². The van der Waals surface area contributed by atoms with Gasteiger partial charge in [-0.3, -0.25) is 4.79 Å². The first kappa shape index (κ1) is 13.9. The molecule has 0 radical (unpaired) electrons. The molecule has 0 amide bonds. The minimum Gasteiger partial charge on any atom is -0.481 e. The van der Waals surface area contributed by atoms with Gasteiger partial charge >= 0.3 is 5.97 Å². The zero-order valence-corrected chi connectivity index (χ0v) is 12.5. The SMILES string of the molecule is CC(C)c1cccc(-c2ccc(C3(C(=O)O)CC3)cc2)c1. The van der Waals surface area contributed by atoms with Crippen molar-refractivity contribution < 1.29 is 9.90 Å². The maximum atomic E-state index is 11.4. The van der Waals surface area contributed by atoms with Crippen LogP contribution in [0.4, 0.5) is 0 Å². The highest BCUT2D eigenvalue weighted by Gasteiger charge is 2.51. The zero-order valence-electron chi connectivity index (χ0n) is 12.5. The summed E-state index contributed by atoms with van der Waals surface area (Å²) in [6.07, 6.45) is 1.51. The molecule has 0 bridgehead atoms. The van der Waals surface area contributed by atoms with E-state index in [0.717, 1.165) is 24.0 Å². The number of carboxylic acids is 1. The van der Waals surface area contributed by atoms with E-state index in [-0.39, 0.29) is 0 Å². The molecular weight excluding hydrogens is 260 g/mol. The Morgan fingerprint density at radius 3 is 2.24 bits per heavy atom. The summed E-state index contributed by atoms with van der Waals surface area (Å²) in [6, 6.07) is 16.6. The average molecular weight is 280 g/mol. The van der Waals surface area contributed by atoms with Crippen LogP contribution in [0.2, 0.25) is 0 Å². The van der Waals surface area contributed by atoms with Gasteiger partial charge in [0.1, 0.15) is 0 Å². The molecule has 0 aliphatic heterocycles. The van der Waals surface area contributed by atoms with Crippen LogP contribution in [0.5, 0.6) is 0 Å². The fraction of sp³-hybridized carbons (Fsp3) is 0.316. The monoisotopic (exact) mass is 280 g/mol. The van der Waals surface area contributed by atoms with Crippen LogP contribution in [0.15, 0.2) is 48.5 Å². The van der Waals surface area contributed by atoms with Gasteiger partial charge in [-0.1, -0.05) is 62.4 Å². The molecule has 108 valence electrons. The van der Waals surface area contributed by atoms with Crippen molar-refractivity contribution in [3.8, 4) is 11.1 Å². The third-order valence-electron chi connectivity index (χ3n) is 4.48. The predicted molar refractivity (Wildman–Crippen MR) is 84.5 cm³/mol. The summed E-state index contributed by atoms with van der Waals surface area (Å²) < 4.78 is 0. The Bertz CT molecular complexity index is 664. The molecule has 1 saturated carbocycles. The quantitative estimate of drug-likeness (QED) is 0.889. The molecule has 2 heteroatoms. The van der Waals surface area contributed by atoms with Gasteiger partial charge in [-0.25, -0.2) is 0 Å². The van der Waals surface area contributed by atoms with Crippen LogP contribution in [-0.4, -0.2) is 11.1 Å². The Morgan fingerprint density at radius 1 is 1.05 bits per heavy atom. The van der Waals surface area contributed by atoms with Crippen molar-refractivity contribution in [1.82, 2.24) is 0 Å². The molecule has 0 spiro atoms. The summed E-state index contributed by atoms with van der Waals surface area (Å²) in [6.45, 7) is 4.37. The van der Waals surface area contributed by atoms with Crippen LogP contribution >= 0.6 is 0 Å². The molecule has 0 heterocycles. The lowest BCUT2D eigenvalue weighted by Crippen LogP contribution is -2.19. The van der Waals surface area contributed by atoms with E-state index in [9.17, 15) is 9.90 Å². The zero-order chi connectivity index (χ0) is 15.0. The molecule has 1 N–H and O–H groups in total. The molecule has 0 unspecified atom stereocenters. The maximum Gasteiger partial charge on any atom is 0.314 e. The van der Waals surface area contributed by atoms with Gasteiger partial charge in [0.15, 0.2) is 0 Å². The van der Waals surface area contributed by atoms with Crippen molar-refractivity contribution in [3.63, 3.8) is 0 Å². The maximum absolute atomic E-state index is 11.4. The van der Waals surface area contributed by atoms with E-state index in [0.29, 0.717) is 5.92 Å². The second-order valence-electron chi connectivity index (χ2n) is 6.24. The van der Waals surface area contributed by atoms with Gasteiger partial charge in [-0.2, -0.15) is 0 Å². The number of hydrogen-bond donors (Lipinski definition) is 1. The van der Waals surface area contributed by atoms with Gasteiger partial charge in [0, 0.05) is 0 Å². The third kappa shape index (κ3) is 2.46. The molecule has 2 aromatic carbocycles. The molecule has 2 aromatic rings. The largest absolute Gasteiger partial charge is 0.481 e. The molecule has 0 atom stereocenters. The second-order valence-corrected chi connectivity index (χ2v) is 6.24. The molecule has 1 aliphatic rings. The Kier molecular flexibility index (Phi) is 3.32. The predicted octanol–water partition coefficient (Wildman–Crippen LogP) is 4.59. The summed E-state index contributed by atoms with van der Waals surface area (Å²) in [5.41, 5.74) is 3.97. The lowest BCUT2D eigenvalue weighted by Gasteiger charge is -2.12. The Morgan fingerprint density at radius 2 is 1.71 bits per heavy atom. The average Bonchev–Trinajstić information content (AvgIpc) is 3.29. The smallest absolute Gasteiger partial charge is 0.314 e. The van der Waals surface area contributed by atoms with Gasteiger partial charge in [-0.15, -0.1) is 0 Å². The Hall–Kier alpha value is -2.09. The number of hydrogen-bond acceptors (Lipinski definition) is 1. The summed E-state index contributed by atoms with van der Waals surface area (Å²) in [5, 5.41) is 9.34. The van der Waals surface area contributed by atoms with Crippen LogP contribution in [0.1, 0.15) is 43.7 Å². The highest BCUT2D eigenvalue weighted by molar-refractivity contribution is 5.85. The van der Waals surface area contributed by atoms with Crippen molar-refractivity contribution in [2.45, 2.75) is 38.0 Å². The van der Waals surface area contributed by atoms with Crippen LogP contribution in [-0.2, 0) is 10.2 Å². The minimum atomic E-state index is -0.697. The van der Waals surface area contributed by atoms with Crippen molar-refractivity contribution in [1.29, 1.82) is 0 Å². The molecule has 1 aliphatic carbocycles. The molecule has 21 heavy (non-hydrogen) atoms. The summed E-state index contributed by atoms with van der Waals surface area (Å²) >= 11 is 0. The first-order valence-electron chi connectivity index (χ1n) is 7.47. The molecule has 0 aromatic heterocycles. The van der Waals surface area contributed by atoms with Crippen LogP contribution < -0.4 is 0 Å². The molecule has 0 saturated heterocycles. The lowest BCUT2D eigenvalue weighted by atomic mass is 9.92.